The van der Waals surface area contributed by atoms with E-state index in [0.29, 0.717) is 24.8 Å². The van der Waals surface area contributed by atoms with Crippen LogP contribution in [-0.2, 0) is 11.3 Å². The average molecular weight is 377 g/mol. The van der Waals surface area contributed by atoms with E-state index in [-0.39, 0.29) is 18.3 Å². The molecule has 1 aliphatic heterocycles. The van der Waals surface area contributed by atoms with E-state index < -0.39 is 0 Å². The quantitative estimate of drug-likeness (QED) is 0.803. The van der Waals surface area contributed by atoms with Crippen LogP contribution in [0.1, 0.15) is 31.7 Å². The van der Waals surface area contributed by atoms with Gasteiger partial charge in [0.2, 0.25) is 5.91 Å². The van der Waals surface area contributed by atoms with Crippen LogP contribution in [0.25, 0.3) is 10.8 Å². The zero-order chi connectivity index (χ0) is 17.6. The Labute approximate surface area is 162 Å². The minimum absolute atomic E-state index is 0. The van der Waals surface area contributed by atoms with Gasteiger partial charge in [0.25, 0.3) is 0 Å². The molecular weight excluding hydrogens is 348 g/mol. The van der Waals surface area contributed by atoms with Gasteiger partial charge >= 0.3 is 0 Å². The van der Waals surface area contributed by atoms with Gasteiger partial charge in [-0.15, -0.1) is 12.4 Å². The minimum atomic E-state index is 0. The third kappa shape index (κ3) is 5.36. The first-order valence-corrected chi connectivity index (χ1v) is 9.20. The second-order valence-corrected chi connectivity index (χ2v) is 7.11. The van der Waals surface area contributed by atoms with Gasteiger partial charge in [-0.1, -0.05) is 25.1 Å². The summed E-state index contributed by atoms with van der Waals surface area (Å²) < 4.78 is 5.26. The molecule has 1 heterocycles. The van der Waals surface area contributed by atoms with Gasteiger partial charge in [0.15, 0.2) is 0 Å². The first kappa shape index (κ1) is 20.5. The van der Waals surface area contributed by atoms with E-state index in [1.807, 2.05) is 12.1 Å². The summed E-state index contributed by atoms with van der Waals surface area (Å²) in [4.78, 5) is 12.3. The fourth-order valence-electron chi connectivity index (χ4n) is 3.61. The molecule has 0 spiro atoms. The van der Waals surface area contributed by atoms with Crippen LogP contribution < -0.4 is 15.4 Å². The lowest BCUT2D eigenvalue weighted by atomic mass is 9.85. The summed E-state index contributed by atoms with van der Waals surface area (Å²) >= 11 is 0. The molecule has 2 atom stereocenters. The number of amides is 1. The fourth-order valence-corrected chi connectivity index (χ4v) is 3.61. The summed E-state index contributed by atoms with van der Waals surface area (Å²) in [5.74, 6) is 2.06. The Hall–Kier alpha value is -1.78. The van der Waals surface area contributed by atoms with E-state index in [9.17, 15) is 4.79 Å². The number of halogens is 1. The molecule has 0 radical (unpaired) electrons. The second-order valence-electron chi connectivity index (χ2n) is 7.11. The highest BCUT2D eigenvalue weighted by molar-refractivity contribution is 5.85. The molecule has 2 aromatic rings. The Balaban J connectivity index is 0.00000243. The maximum atomic E-state index is 12.3. The molecule has 4 nitrogen and oxygen atoms in total. The largest absolute Gasteiger partial charge is 0.497 e. The van der Waals surface area contributed by atoms with Gasteiger partial charge in [-0.3, -0.25) is 4.79 Å². The molecule has 2 N–H and O–H groups in total. The van der Waals surface area contributed by atoms with Crippen molar-refractivity contribution < 1.29 is 9.53 Å². The maximum absolute atomic E-state index is 12.3. The predicted molar refractivity (Wildman–Crippen MR) is 109 cm³/mol. The number of fused-ring (bicyclic) bond motifs is 1. The van der Waals surface area contributed by atoms with E-state index in [2.05, 4.69) is 41.8 Å². The van der Waals surface area contributed by atoms with Crippen LogP contribution in [0.5, 0.6) is 5.75 Å². The minimum Gasteiger partial charge on any atom is -0.497 e. The van der Waals surface area contributed by atoms with Crippen molar-refractivity contribution in [3.63, 3.8) is 0 Å². The lowest BCUT2D eigenvalue weighted by Gasteiger charge is -2.28. The van der Waals surface area contributed by atoms with Crippen LogP contribution in [0.4, 0.5) is 0 Å². The highest BCUT2D eigenvalue weighted by Crippen LogP contribution is 2.23. The highest BCUT2D eigenvalue weighted by atomic mass is 35.5. The van der Waals surface area contributed by atoms with E-state index in [0.717, 1.165) is 35.2 Å². The summed E-state index contributed by atoms with van der Waals surface area (Å²) in [7, 11) is 1.68. The van der Waals surface area contributed by atoms with Crippen LogP contribution in [0.2, 0.25) is 0 Å². The number of carbonyl (C=O) groups is 1. The Morgan fingerprint density at radius 1 is 1.27 bits per heavy atom. The number of hydrogen-bond donors (Lipinski definition) is 2. The van der Waals surface area contributed by atoms with Gasteiger partial charge in [-0.2, -0.15) is 0 Å². The highest BCUT2D eigenvalue weighted by Gasteiger charge is 2.21. The lowest BCUT2D eigenvalue weighted by molar-refractivity contribution is -0.122. The molecule has 2 aromatic carbocycles. The van der Waals surface area contributed by atoms with Crippen molar-refractivity contribution in [1.29, 1.82) is 0 Å². The zero-order valence-electron chi connectivity index (χ0n) is 15.6. The van der Waals surface area contributed by atoms with Crippen molar-refractivity contribution in [3.05, 3.63) is 42.0 Å². The molecule has 1 saturated heterocycles. The normalized spacial score (nSPS) is 18.0. The summed E-state index contributed by atoms with van der Waals surface area (Å²) in [5, 5.41) is 8.81. The molecule has 0 saturated carbocycles. The third-order valence-electron chi connectivity index (χ3n) is 5.25. The number of hydrogen-bond acceptors (Lipinski definition) is 3. The van der Waals surface area contributed by atoms with E-state index >= 15 is 0 Å². The van der Waals surface area contributed by atoms with Crippen molar-refractivity contribution in [3.8, 4) is 5.75 Å². The van der Waals surface area contributed by atoms with Crippen LogP contribution >= 0.6 is 12.4 Å². The Bertz CT molecular complexity index is 729. The van der Waals surface area contributed by atoms with Gasteiger partial charge in [0, 0.05) is 13.0 Å². The van der Waals surface area contributed by atoms with Crippen LogP contribution in [0, 0.1) is 11.8 Å². The molecule has 0 aliphatic carbocycles. The Morgan fingerprint density at radius 2 is 2.04 bits per heavy atom. The standard InChI is InChI=1S/C21H28N2O2.ClH/c1-15(19-4-3-9-22-14-19)10-21(24)23-13-16-5-6-18-12-20(25-2)8-7-17(18)11-16;/h5-8,11-12,15,19,22H,3-4,9-10,13-14H2,1-2H3,(H,23,24);1H. The van der Waals surface area contributed by atoms with Crippen molar-refractivity contribution in [1.82, 2.24) is 10.6 Å². The number of methoxy groups -OCH3 is 1. The van der Waals surface area contributed by atoms with Crippen molar-refractivity contribution in [2.24, 2.45) is 11.8 Å². The molecule has 1 amide bonds. The first-order chi connectivity index (χ1) is 12.2. The summed E-state index contributed by atoms with van der Waals surface area (Å²) in [6.45, 7) is 4.93. The van der Waals surface area contributed by atoms with Crippen molar-refractivity contribution >= 4 is 29.1 Å². The van der Waals surface area contributed by atoms with Gasteiger partial charge < -0.3 is 15.4 Å². The lowest BCUT2D eigenvalue weighted by Crippen LogP contribution is -2.35. The molecule has 142 valence electrons. The predicted octanol–water partition coefficient (Wildman–Crippen LogP) is 3.91. The molecule has 2 unspecified atom stereocenters. The van der Waals surface area contributed by atoms with Gasteiger partial charge in [0.1, 0.15) is 5.75 Å². The van der Waals surface area contributed by atoms with Crippen LogP contribution in [0.15, 0.2) is 36.4 Å². The monoisotopic (exact) mass is 376 g/mol. The molecule has 1 aliphatic rings. The van der Waals surface area contributed by atoms with E-state index in [1.165, 1.54) is 12.8 Å². The number of piperidine rings is 1. The van der Waals surface area contributed by atoms with Gasteiger partial charge in [-0.25, -0.2) is 0 Å². The molecule has 0 bridgehead atoms. The average Bonchev–Trinajstić information content (AvgIpc) is 2.66. The number of benzene rings is 2. The molecular formula is C21H29ClN2O2. The van der Waals surface area contributed by atoms with E-state index in [1.54, 1.807) is 7.11 Å². The van der Waals surface area contributed by atoms with Crippen LogP contribution in [-0.4, -0.2) is 26.1 Å². The smallest absolute Gasteiger partial charge is 0.220 e. The van der Waals surface area contributed by atoms with Gasteiger partial charge in [0.05, 0.1) is 7.11 Å². The SMILES string of the molecule is COc1ccc2cc(CNC(=O)CC(C)C3CCCNC3)ccc2c1.Cl. The van der Waals surface area contributed by atoms with E-state index in [4.69, 9.17) is 4.74 Å². The Kier molecular flexibility index (Phi) is 7.73. The van der Waals surface area contributed by atoms with Crippen molar-refractivity contribution in [2.45, 2.75) is 32.7 Å². The second kappa shape index (κ2) is 9.79. The first-order valence-electron chi connectivity index (χ1n) is 9.20. The molecule has 3 rings (SSSR count). The summed E-state index contributed by atoms with van der Waals surface area (Å²) in [6, 6.07) is 12.3. The number of ether oxygens (including phenoxy) is 1. The molecule has 26 heavy (non-hydrogen) atoms. The Morgan fingerprint density at radius 3 is 2.77 bits per heavy atom. The third-order valence-corrected chi connectivity index (χ3v) is 5.25. The number of carbonyl (C=O) groups excluding carboxylic acids is 1. The summed E-state index contributed by atoms with van der Waals surface area (Å²) in [6.07, 6.45) is 3.06. The summed E-state index contributed by atoms with van der Waals surface area (Å²) in [5.41, 5.74) is 1.12. The molecule has 0 aromatic heterocycles. The maximum Gasteiger partial charge on any atom is 0.220 e. The molecule has 5 heteroatoms. The fraction of sp³-hybridized carbons (Fsp3) is 0.476. The zero-order valence-corrected chi connectivity index (χ0v) is 16.4. The van der Waals surface area contributed by atoms with Crippen LogP contribution in [0.3, 0.4) is 0 Å². The van der Waals surface area contributed by atoms with Crippen molar-refractivity contribution in [2.75, 3.05) is 20.2 Å². The molecule has 1 fully saturated rings. The number of nitrogens with one attached hydrogen (secondary N) is 2. The van der Waals surface area contributed by atoms with Gasteiger partial charge in [-0.05, 0) is 72.3 Å². The topological polar surface area (TPSA) is 50.4 Å². The number of rotatable bonds is 6.